The van der Waals surface area contributed by atoms with Gasteiger partial charge in [0, 0.05) is 12.6 Å². The molecule has 0 bridgehead atoms. The van der Waals surface area contributed by atoms with Crippen LogP contribution in [0.4, 0.5) is 0 Å². The highest BCUT2D eigenvalue weighted by molar-refractivity contribution is 7.80. The molecule has 2 unspecified atom stereocenters. The fraction of sp³-hybridized carbons (Fsp3) is 0.923. The summed E-state index contributed by atoms with van der Waals surface area (Å²) in [6, 6.07) is 1.06. The van der Waals surface area contributed by atoms with Gasteiger partial charge in [0.2, 0.25) is 0 Å². The Bertz CT molecular complexity index is 287. The maximum Gasteiger partial charge on any atom is 0.166 e. The summed E-state index contributed by atoms with van der Waals surface area (Å²) in [7, 11) is 0. The molecule has 2 atom stereocenters. The first kappa shape index (κ1) is 11.7. The molecule has 96 valence electrons. The fourth-order valence-corrected chi connectivity index (χ4v) is 3.44. The Morgan fingerprint density at radius 3 is 2.47 bits per heavy atom. The summed E-state index contributed by atoms with van der Waals surface area (Å²) in [6.45, 7) is 0.894. The average molecular weight is 254 g/mol. The second-order valence-corrected chi connectivity index (χ2v) is 6.08. The van der Waals surface area contributed by atoms with Gasteiger partial charge in [-0.2, -0.15) is 0 Å². The highest BCUT2D eigenvalue weighted by atomic mass is 32.1. The van der Waals surface area contributed by atoms with Gasteiger partial charge in [-0.05, 0) is 50.2 Å². The van der Waals surface area contributed by atoms with Crippen LogP contribution in [-0.2, 0) is 4.74 Å². The summed E-state index contributed by atoms with van der Waals surface area (Å²) in [5.74, 6) is 0.796. The molecule has 3 aliphatic rings. The van der Waals surface area contributed by atoms with Gasteiger partial charge >= 0.3 is 0 Å². The zero-order valence-corrected chi connectivity index (χ0v) is 11.1. The average Bonchev–Trinajstić information content (AvgIpc) is 2.84. The third kappa shape index (κ3) is 2.91. The summed E-state index contributed by atoms with van der Waals surface area (Å²) in [6.07, 6.45) is 9.43. The van der Waals surface area contributed by atoms with E-state index in [4.69, 9.17) is 17.0 Å². The molecule has 17 heavy (non-hydrogen) atoms. The van der Waals surface area contributed by atoms with Gasteiger partial charge in [-0.15, -0.1) is 0 Å². The number of ether oxygens (including phenoxy) is 1. The predicted octanol–water partition coefficient (Wildman–Crippen LogP) is 1.96. The number of hydrogen-bond acceptors (Lipinski definition) is 2. The SMILES string of the molecule is S=C(NC1CCCC1)NC1CCOC1C1CC1. The maximum absolute atomic E-state index is 5.81. The Morgan fingerprint density at radius 1 is 1.00 bits per heavy atom. The highest BCUT2D eigenvalue weighted by Gasteiger charge is 2.40. The molecule has 1 saturated heterocycles. The first-order valence-electron chi connectivity index (χ1n) is 7.01. The first-order valence-corrected chi connectivity index (χ1v) is 7.42. The summed E-state index contributed by atoms with van der Waals surface area (Å²) < 4.78 is 5.81. The standard InChI is InChI=1S/C13H22N2OS/c17-13(14-10-3-1-2-4-10)15-11-7-8-16-12(11)9-5-6-9/h9-12H,1-8H2,(H2,14,15,17). The first-order chi connectivity index (χ1) is 8.33. The van der Waals surface area contributed by atoms with Crippen molar-refractivity contribution in [2.24, 2.45) is 5.92 Å². The smallest absolute Gasteiger partial charge is 0.166 e. The van der Waals surface area contributed by atoms with Crippen LogP contribution in [0.3, 0.4) is 0 Å². The van der Waals surface area contributed by atoms with E-state index in [1.54, 1.807) is 0 Å². The molecular formula is C13H22N2OS. The Hall–Kier alpha value is -0.350. The number of rotatable bonds is 3. The van der Waals surface area contributed by atoms with Crippen LogP contribution in [0, 0.1) is 5.92 Å². The summed E-state index contributed by atoms with van der Waals surface area (Å²) in [4.78, 5) is 0. The van der Waals surface area contributed by atoms with Crippen molar-refractivity contribution in [1.82, 2.24) is 10.6 Å². The van der Waals surface area contributed by atoms with Gasteiger partial charge in [0.05, 0.1) is 12.1 Å². The molecule has 3 nitrogen and oxygen atoms in total. The number of thiocarbonyl (C=S) groups is 1. The zero-order chi connectivity index (χ0) is 11.7. The molecule has 0 radical (unpaired) electrons. The summed E-state index contributed by atoms with van der Waals surface area (Å²) in [5.41, 5.74) is 0. The van der Waals surface area contributed by atoms with Crippen LogP contribution >= 0.6 is 12.2 Å². The predicted molar refractivity (Wildman–Crippen MR) is 72.0 cm³/mol. The summed E-state index contributed by atoms with van der Waals surface area (Å²) in [5, 5.41) is 7.77. The Labute approximate surface area is 109 Å². The molecule has 1 aliphatic heterocycles. The van der Waals surface area contributed by atoms with Crippen molar-refractivity contribution in [1.29, 1.82) is 0 Å². The van der Waals surface area contributed by atoms with Gasteiger partial charge < -0.3 is 15.4 Å². The van der Waals surface area contributed by atoms with Crippen molar-refractivity contribution in [3.8, 4) is 0 Å². The number of nitrogens with one attached hydrogen (secondary N) is 2. The van der Waals surface area contributed by atoms with Crippen molar-refractivity contribution in [2.45, 2.75) is 63.1 Å². The van der Waals surface area contributed by atoms with Gasteiger partial charge in [-0.3, -0.25) is 0 Å². The maximum atomic E-state index is 5.81. The van der Waals surface area contributed by atoms with E-state index in [0.717, 1.165) is 24.1 Å². The normalized spacial score (nSPS) is 33.9. The van der Waals surface area contributed by atoms with E-state index >= 15 is 0 Å². The van der Waals surface area contributed by atoms with Crippen LogP contribution in [0.2, 0.25) is 0 Å². The van der Waals surface area contributed by atoms with Crippen molar-refractivity contribution in [2.75, 3.05) is 6.61 Å². The lowest BCUT2D eigenvalue weighted by Gasteiger charge is -2.23. The second kappa shape index (κ2) is 5.11. The minimum atomic E-state index is 0.415. The van der Waals surface area contributed by atoms with Crippen molar-refractivity contribution in [3.63, 3.8) is 0 Å². The van der Waals surface area contributed by atoms with Crippen molar-refractivity contribution >= 4 is 17.3 Å². The lowest BCUT2D eigenvalue weighted by molar-refractivity contribution is 0.0842. The molecule has 2 N–H and O–H groups in total. The Morgan fingerprint density at radius 2 is 1.76 bits per heavy atom. The molecule has 0 aromatic heterocycles. The van der Waals surface area contributed by atoms with Crippen LogP contribution < -0.4 is 10.6 Å². The molecule has 2 aliphatic carbocycles. The van der Waals surface area contributed by atoms with E-state index < -0.39 is 0 Å². The second-order valence-electron chi connectivity index (χ2n) is 5.67. The monoisotopic (exact) mass is 254 g/mol. The van der Waals surface area contributed by atoms with Crippen LogP contribution in [0.1, 0.15) is 44.9 Å². The van der Waals surface area contributed by atoms with E-state index in [2.05, 4.69) is 10.6 Å². The minimum Gasteiger partial charge on any atom is -0.376 e. The van der Waals surface area contributed by atoms with E-state index in [1.165, 1.54) is 38.5 Å². The lowest BCUT2D eigenvalue weighted by atomic mass is 10.1. The molecular weight excluding hydrogens is 232 g/mol. The molecule has 0 aromatic rings. The van der Waals surface area contributed by atoms with Gasteiger partial charge in [-0.25, -0.2) is 0 Å². The Kier molecular flexibility index (Phi) is 3.52. The highest BCUT2D eigenvalue weighted by Crippen LogP contribution is 2.38. The zero-order valence-electron chi connectivity index (χ0n) is 10.3. The van der Waals surface area contributed by atoms with Crippen LogP contribution in [0.25, 0.3) is 0 Å². The third-order valence-electron chi connectivity index (χ3n) is 4.23. The van der Waals surface area contributed by atoms with Crippen molar-refractivity contribution < 1.29 is 4.74 Å². The van der Waals surface area contributed by atoms with Gasteiger partial charge in [0.1, 0.15) is 0 Å². The molecule has 4 heteroatoms. The fourth-order valence-electron chi connectivity index (χ4n) is 3.12. The molecule has 3 rings (SSSR count). The molecule has 0 aromatic carbocycles. The van der Waals surface area contributed by atoms with Gasteiger partial charge in [0.15, 0.2) is 5.11 Å². The molecule has 3 fully saturated rings. The third-order valence-corrected chi connectivity index (χ3v) is 4.46. The van der Waals surface area contributed by atoms with Crippen LogP contribution in [0.5, 0.6) is 0 Å². The topological polar surface area (TPSA) is 33.3 Å². The molecule has 1 heterocycles. The van der Waals surface area contributed by atoms with Gasteiger partial charge in [-0.1, -0.05) is 12.8 Å². The lowest BCUT2D eigenvalue weighted by Crippen LogP contribution is -2.48. The summed E-state index contributed by atoms with van der Waals surface area (Å²) >= 11 is 5.41. The molecule has 0 amide bonds. The number of hydrogen-bond donors (Lipinski definition) is 2. The van der Waals surface area contributed by atoms with Crippen LogP contribution in [-0.4, -0.2) is 29.9 Å². The molecule has 2 saturated carbocycles. The Balaban J connectivity index is 1.46. The largest absolute Gasteiger partial charge is 0.376 e. The van der Waals surface area contributed by atoms with E-state index in [9.17, 15) is 0 Å². The van der Waals surface area contributed by atoms with Crippen LogP contribution in [0.15, 0.2) is 0 Å². The minimum absolute atomic E-state index is 0.415. The molecule has 0 spiro atoms. The van der Waals surface area contributed by atoms with E-state index in [0.29, 0.717) is 18.2 Å². The van der Waals surface area contributed by atoms with Gasteiger partial charge in [0.25, 0.3) is 0 Å². The van der Waals surface area contributed by atoms with E-state index in [-0.39, 0.29) is 0 Å². The van der Waals surface area contributed by atoms with E-state index in [1.807, 2.05) is 0 Å². The van der Waals surface area contributed by atoms with Crippen molar-refractivity contribution in [3.05, 3.63) is 0 Å². The quantitative estimate of drug-likeness (QED) is 0.754.